The van der Waals surface area contributed by atoms with Crippen LogP contribution in [-0.2, 0) is 4.79 Å². The molecule has 2 N–H and O–H groups in total. The third kappa shape index (κ3) is 4.64. The number of benzene rings is 2. The smallest absolute Gasteiger partial charge is 0.273 e. The van der Waals surface area contributed by atoms with E-state index in [9.17, 15) is 9.59 Å². The molecule has 0 fully saturated rings. The van der Waals surface area contributed by atoms with Crippen LogP contribution < -0.4 is 10.9 Å². The van der Waals surface area contributed by atoms with E-state index in [1.165, 1.54) is 16.3 Å². The van der Waals surface area contributed by atoms with Crippen molar-refractivity contribution in [3.05, 3.63) is 76.6 Å². The van der Waals surface area contributed by atoms with Gasteiger partial charge >= 0.3 is 0 Å². The first-order valence-electron chi connectivity index (χ1n) is 7.98. The van der Waals surface area contributed by atoms with E-state index < -0.39 is 0 Å². The van der Waals surface area contributed by atoms with Gasteiger partial charge in [0.2, 0.25) is 5.91 Å². The average Bonchev–Trinajstić information content (AvgIpc) is 2.97. The Morgan fingerprint density at radius 3 is 2.56 bits per heavy atom. The summed E-state index contributed by atoms with van der Waals surface area (Å²) in [6.07, 6.45) is 0.372. The lowest BCUT2D eigenvalue weighted by Crippen LogP contribution is -2.13. The minimum absolute atomic E-state index is 0.124. The Balaban J connectivity index is 1.55. The highest BCUT2D eigenvalue weighted by Crippen LogP contribution is 2.19. The third-order valence-electron chi connectivity index (χ3n) is 3.63. The number of hydrogen-bond donors (Lipinski definition) is 2. The lowest BCUT2D eigenvalue weighted by Gasteiger charge is -2.04. The average molecular weight is 353 g/mol. The van der Waals surface area contributed by atoms with Gasteiger partial charge in [-0.05, 0) is 31.2 Å². The van der Waals surface area contributed by atoms with Crippen LogP contribution in [0.3, 0.4) is 0 Å². The van der Waals surface area contributed by atoms with E-state index in [1.54, 1.807) is 11.8 Å². The second kappa shape index (κ2) is 7.90. The van der Waals surface area contributed by atoms with Gasteiger partial charge < -0.3 is 5.32 Å². The molecule has 2 aromatic carbocycles. The van der Waals surface area contributed by atoms with E-state index in [1.807, 2.05) is 37.3 Å². The predicted molar refractivity (Wildman–Crippen MR) is 102 cm³/mol. The zero-order valence-corrected chi connectivity index (χ0v) is 14.7. The number of para-hydroxylation sites is 1. The number of hydrogen-bond acceptors (Lipinski definition) is 3. The molecule has 3 rings (SSSR count). The van der Waals surface area contributed by atoms with Crippen LogP contribution in [0.25, 0.3) is 5.69 Å². The topological polar surface area (TPSA) is 66.9 Å². The first-order chi connectivity index (χ1) is 12.1. The first-order valence-corrected chi connectivity index (χ1v) is 8.97. The number of anilines is 1. The molecule has 0 aliphatic heterocycles. The fraction of sp³-hybridized carbons (Fsp3) is 0.158. The van der Waals surface area contributed by atoms with Gasteiger partial charge in [0.15, 0.2) is 0 Å². The molecule has 0 spiro atoms. The summed E-state index contributed by atoms with van der Waals surface area (Å²) in [6, 6.07) is 18.8. The highest BCUT2D eigenvalue weighted by Gasteiger charge is 2.08. The molecule has 25 heavy (non-hydrogen) atoms. The number of carbonyl (C=O) groups excluding carboxylic acids is 1. The van der Waals surface area contributed by atoms with Crippen LogP contribution in [0.2, 0.25) is 0 Å². The van der Waals surface area contributed by atoms with E-state index in [2.05, 4.69) is 34.7 Å². The fourth-order valence-electron chi connectivity index (χ4n) is 2.34. The van der Waals surface area contributed by atoms with E-state index in [-0.39, 0.29) is 11.5 Å². The monoisotopic (exact) mass is 353 g/mol. The number of amides is 1. The molecule has 0 saturated carbocycles. The molecule has 0 saturated heterocycles. The molecule has 128 valence electrons. The number of aromatic amines is 1. The molecule has 0 unspecified atom stereocenters. The van der Waals surface area contributed by atoms with E-state index in [0.717, 1.165) is 10.6 Å². The second-order valence-corrected chi connectivity index (χ2v) is 6.81. The summed E-state index contributed by atoms with van der Waals surface area (Å²) in [5.74, 6) is 0.957. The number of aryl methyl sites for hydroxylation is 1. The molecule has 0 aliphatic carbocycles. The lowest BCUT2D eigenvalue weighted by atomic mass is 10.2. The molecule has 0 atom stereocenters. The maximum absolute atomic E-state index is 12.1. The molecule has 1 amide bonds. The lowest BCUT2D eigenvalue weighted by molar-refractivity contribution is -0.115. The summed E-state index contributed by atoms with van der Waals surface area (Å²) >= 11 is 1.64. The van der Waals surface area contributed by atoms with Crippen LogP contribution in [-0.4, -0.2) is 21.4 Å². The van der Waals surface area contributed by atoms with Crippen LogP contribution in [0.4, 0.5) is 5.82 Å². The van der Waals surface area contributed by atoms with Crippen molar-refractivity contribution in [3.63, 3.8) is 0 Å². The molecule has 1 aromatic heterocycles. The zero-order valence-electron chi connectivity index (χ0n) is 13.9. The predicted octanol–water partition coefficient (Wildman–Crippen LogP) is 3.59. The van der Waals surface area contributed by atoms with Crippen molar-refractivity contribution in [1.82, 2.24) is 9.78 Å². The molecular weight excluding hydrogens is 334 g/mol. The molecule has 0 aliphatic rings. The minimum Gasteiger partial charge on any atom is -0.311 e. The molecule has 6 heteroatoms. The van der Waals surface area contributed by atoms with Crippen LogP contribution >= 0.6 is 11.8 Å². The Hall–Kier alpha value is -2.73. The fourth-order valence-corrected chi connectivity index (χ4v) is 3.19. The number of rotatable bonds is 6. The zero-order chi connectivity index (χ0) is 17.6. The van der Waals surface area contributed by atoms with Gasteiger partial charge in [0, 0.05) is 23.1 Å². The van der Waals surface area contributed by atoms with Crippen molar-refractivity contribution in [2.75, 3.05) is 11.1 Å². The standard InChI is InChI=1S/C19H19N3O2S/c1-14-7-9-16(10-8-14)25-12-11-18(23)20-17-13-19(24)22(21-17)15-5-3-2-4-6-15/h2-10,13,21H,11-12H2,1H3,(H,20,23). The summed E-state index contributed by atoms with van der Waals surface area (Å²) in [7, 11) is 0. The Morgan fingerprint density at radius 2 is 1.84 bits per heavy atom. The molecule has 5 nitrogen and oxygen atoms in total. The molecule has 0 bridgehead atoms. The summed E-state index contributed by atoms with van der Waals surface area (Å²) in [5.41, 5.74) is 1.73. The summed E-state index contributed by atoms with van der Waals surface area (Å²) < 4.78 is 1.40. The van der Waals surface area contributed by atoms with E-state index in [0.29, 0.717) is 18.0 Å². The highest BCUT2D eigenvalue weighted by molar-refractivity contribution is 7.99. The number of nitrogens with one attached hydrogen (secondary N) is 2. The van der Waals surface area contributed by atoms with Gasteiger partial charge in [0.25, 0.3) is 5.56 Å². The number of nitrogens with zero attached hydrogens (tertiary/aromatic N) is 1. The van der Waals surface area contributed by atoms with Gasteiger partial charge in [0.05, 0.1) is 5.69 Å². The quantitative estimate of drug-likeness (QED) is 0.666. The van der Waals surface area contributed by atoms with Crippen LogP contribution in [0.1, 0.15) is 12.0 Å². The van der Waals surface area contributed by atoms with E-state index in [4.69, 9.17) is 0 Å². The van der Waals surface area contributed by atoms with Crippen LogP contribution in [0.15, 0.2) is 70.4 Å². The van der Waals surface area contributed by atoms with Crippen molar-refractivity contribution in [3.8, 4) is 5.69 Å². The van der Waals surface area contributed by atoms with Gasteiger partial charge in [-0.15, -0.1) is 11.8 Å². The van der Waals surface area contributed by atoms with Gasteiger partial charge in [-0.3, -0.25) is 14.7 Å². The number of thioether (sulfide) groups is 1. The normalized spacial score (nSPS) is 10.6. The second-order valence-electron chi connectivity index (χ2n) is 5.64. The van der Waals surface area contributed by atoms with Gasteiger partial charge in [-0.1, -0.05) is 35.9 Å². The summed E-state index contributed by atoms with van der Waals surface area (Å²) in [4.78, 5) is 25.2. The van der Waals surface area contributed by atoms with E-state index >= 15 is 0 Å². The van der Waals surface area contributed by atoms with Gasteiger partial charge in [-0.2, -0.15) is 0 Å². The molecular formula is C19H19N3O2S. The van der Waals surface area contributed by atoms with Gasteiger partial charge in [0.1, 0.15) is 5.82 Å². The molecule has 1 heterocycles. The number of aromatic nitrogens is 2. The van der Waals surface area contributed by atoms with Crippen molar-refractivity contribution in [2.24, 2.45) is 0 Å². The van der Waals surface area contributed by atoms with Crippen molar-refractivity contribution in [1.29, 1.82) is 0 Å². The summed E-state index contributed by atoms with van der Waals surface area (Å²) in [6.45, 7) is 2.05. The van der Waals surface area contributed by atoms with Crippen molar-refractivity contribution in [2.45, 2.75) is 18.2 Å². The Bertz CT molecular complexity index is 898. The summed E-state index contributed by atoms with van der Waals surface area (Å²) in [5, 5.41) is 5.65. The largest absolute Gasteiger partial charge is 0.311 e. The van der Waals surface area contributed by atoms with Crippen LogP contribution in [0, 0.1) is 6.92 Å². The molecule has 3 aromatic rings. The van der Waals surface area contributed by atoms with Crippen molar-refractivity contribution < 1.29 is 4.79 Å². The Kier molecular flexibility index (Phi) is 5.40. The highest BCUT2D eigenvalue weighted by atomic mass is 32.2. The SMILES string of the molecule is Cc1ccc(SCCC(=O)Nc2cc(=O)n(-c3ccccc3)[nH]2)cc1. The number of carbonyl (C=O) groups is 1. The Morgan fingerprint density at radius 1 is 1.12 bits per heavy atom. The van der Waals surface area contributed by atoms with Gasteiger partial charge in [-0.25, -0.2) is 4.68 Å². The maximum atomic E-state index is 12.1. The first kappa shape index (κ1) is 17.1. The third-order valence-corrected chi connectivity index (χ3v) is 4.64. The maximum Gasteiger partial charge on any atom is 0.273 e. The minimum atomic E-state index is -0.212. The molecule has 0 radical (unpaired) electrons. The Labute approximate surface area is 150 Å². The number of H-pyrrole nitrogens is 1. The van der Waals surface area contributed by atoms with Crippen LogP contribution in [0.5, 0.6) is 0 Å². The van der Waals surface area contributed by atoms with Crippen molar-refractivity contribution >= 4 is 23.5 Å².